The summed E-state index contributed by atoms with van der Waals surface area (Å²) in [5.41, 5.74) is 0.247. The predicted octanol–water partition coefficient (Wildman–Crippen LogP) is 0.837. The molecule has 1 atom stereocenters. The zero-order chi connectivity index (χ0) is 14.9. The molecule has 1 aromatic carbocycles. The summed E-state index contributed by atoms with van der Waals surface area (Å²) in [7, 11) is 0. The van der Waals surface area contributed by atoms with E-state index in [-0.39, 0.29) is 18.7 Å². The van der Waals surface area contributed by atoms with Gasteiger partial charge in [-0.25, -0.2) is 4.39 Å². The lowest BCUT2D eigenvalue weighted by molar-refractivity contribution is -0.358. The number of aliphatic carboxylic acids is 1. The monoisotopic (exact) mass is 292 g/mol. The highest BCUT2D eigenvalue weighted by Crippen LogP contribution is 2.30. The van der Waals surface area contributed by atoms with Crippen molar-refractivity contribution < 1.29 is 32.2 Å². The molecule has 0 aliphatic carbocycles. The van der Waals surface area contributed by atoms with E-state index < -0.39 is 30.3 Å². The maximum absolute atomic E-state index is 12.8. The Morgan fingerprint density at radius 3 is 2.30 bits per heavy atom. The van der Waals surface area contributed by atoms with Gasteiger partial charge in [0.15, 0.2) is 0 Å². The van der Waals surface area contributed by atoms with E-state index in [1.807, 2.05) is 0 Å². The third-order valence-corrected chi connectivity index (χ3v) is 2.95. The van der Waals surface area contributed by atoms with Gasteiger partial charge in [-0.3, -0.25) is 9.64 Å². The number of hydrogen-bond acceptors (Lipinski definition) is 4. The molecule has 1 aliphatic rings. The Labute approximate surface area is 111 Å². The van der Waals surface area contributed by atoms with Crippen LogP contribution in [-0.4, -0.2) is 36.4 Å². The van der Waals surface area contributed by atoms with E-state index >= 15 is 0 Å². The summed E-state index contributed by atoms with van der Waals surface area (Å²) in [6.07, 6.45) is -5.85. The molecule has 0 saturated carbocycles. The number of likely N-dealkylation sites (tertiary alicyclic amines) is 1. The van der Waals surface area contributed by atoms with Crippen LogP contribution in [0.25, 0.3) is 0 Å². The van der Waals surface area contributed by atoms with Gasteiger partial charge < -0.3 is 9.90 Å². The molecule has 1 aliphatic heterocycles. The number of carbonyl (C=O) groups is 1. The molecule has 8 heteroatoms. The topological polar surface area (TPSA) is 52.6 Å². The van der Waals surface area contributed by atoms with Crippen LogP contribution in [0.1, 0.15) is 11.6 Å². The van der Waals surface area contributed by atoms with Crippen LogP contribution in [0.5, 0.6) is 0 Å². The van der Waals surface area contributed by atoms with Gasteiger partial charge >= 0.3 is 6.36 Å². The van der Waals surface area contributed by atoms with Crippen LogP contribution in [0.3, 0.4) is 0 Å². The van der Waals surface area contributed by atoms with Crippen LogP contribution < -0.4 is 5.11 Å². The Morgan fingerprint density at radius 2 is 1.85 bits per heavy atom. The van der Waals surface area contributed by atoms with Crippen LogP contribution >= 0.6 is 0 Å². The average molecular weight is 292 g/mol. The molecule has 0 N–H and O–H groups in total. The highest BCUT2D eigenvalue weighted by Gasteiger charge is 2.41. The molecule has 1 aromatic rings. The SMILES string of the molecule is O=C([O-])C(c1ccc(F)cc1)N1CC(OC(F)(F)F)C1. The Morgan fingerprint density at radius 1 is 1.30 bits per heavy atom. The van der Waals surface area contributed by atoms with Crippen LogP contribution in [0, 0.1) is 5.82 Å². The summed E-state index contributed by atoms with van der Waals surface area (Å²) in [4.78, 5) is 12.4. The first-order valence-corrected chi connectivity index (χ1v) is 5.71. The van der Waals surface area contributed by atoms with Crippen molar-refractivity contribution in [1.29, 1.82) is 0 Å². The van der Waals surface area contributed by atoms with Crippen molar-refractivity contribution in [3.05, 3.63) is 35.6 Å². The number of alkyl halides is 3. The second-order valence-electron chi connectivity index (χ2n) is 4.41. The zero-order valence-corrected chi connectivity index (χ0v) is 10.1. The fourth-order valence-corrected chi connectivity index (χ4v) is 2.09. The first-order valence-electron chi connectivity index (χ1n) is 5.71. The maximum Gasteiger partial charge on any atom is 0.522 e. The molecule has 1 unspecified atom stereocenters. The van der Waals surface area contributed by atoms with Gasteiger partial charge in [0.2, 0.25) is 0 Å². The van der Waals surface area contributed by atoms with Crippen molar-refractivity contribution in [1.82, 2.24) is 4.90 Å². The molecular weight excluding hydrogens is 282 g/mol. The minimum Gasteiger partial charge on any atom is -0.548 e. The fourth-order valence-electron chi connectivity index (χ4n) is 2.09. The lowest BCUT2D eigenvalue weighted by Crippen LogP contribution is -2.58. The van der Waals surface area contributed by atoms with Crippen molar-refractivity contribution in [3.8, 4) is 0 Å². The molecule has 0 amide bonds. The number of ether oxygens (including phenoxy) is 1. The number of hydrogen-bond donors (Lipinski definition) is 0. The van der Waals surface area contributed by atoms with E-state index in [0.29, 0.717) is 0 Å². The van der Waals surface area contributed by atoms with E-state index in [1.165, 1.54) is 17.0 Å². The van der Waals surface area contributed by atoms with Crippen molar-refractivity contribution in [3.63, 3.8) is 0 Å². The number of rotatable bonds is 4. The zero-order valence-electron chi connectivity index (χ0n) is 10.1. The number of benzene rings is 1. The smallest absolute Gasteiger partial charge is 0.522 e. The lowest BCUT2D eigenvalue weighted by Gasteiger charge is -2.44. The normalized spacial score (nSPS) is 18.6. The largest absolute Gasteiger partial charge is 0.548 e. The quantitative estimate of drug-likeness (QED) is 0.772. The first-order chi connectivity index (χ1) is 9.26. The van der Waals surface area contributed by atoms with Gasteiger partial charge in [0.05, 0.1) is 18.1 Å². The van der Waals surface area contributed by atoms with Gasteiger partial charge in [-0.15, -0.1) is 13.2 Å². The van der Waals surface area contributed by atoms with Gasteiger partial charge in [-0.1, -0.05) is 12.1 Å². The van der Waals surface area contributed by atoms with Gasteiger partial charge in [-0.05, 0) is 17.7 Å². The second-order valence-corrected chi connectivity index (χ2v) is 4.41. The van der Waals surface area contributed by atoms with E-state index in [0.717, 1.165) is 12.1 Å². The first kappa shape index (κ1) is 14.7. The number of halogens is 4. The standard InChI is InChI=1S/C12H11F4NO3/c13-8-3-1-7(2-4-8)10(11(18)19)17-5-9(6-17)20-12(14,15)16/h1-4,9-10H,5-6H2,(H,18,19)/p-1. The molecular formula is C12H10F4NO3-. The Kier molecular flexibility index (Phi) is 3.96. The predicted molar refractivity (Wildman–Crippen MR) is 56.6 cm³/mol. The molecule has 110 valence electrons. The summed E-state index contributed by atoms with van der Waals surface area (Å²) in [6.45, 7) is -0.370. The molecule has 1 heterocycles. The minimum atomic E-state index is -4.75. The summed E-state index contributed by atoms with van der Waals surface area (Å²) in [5, 5.41) is 11.1. The molecule has 4 nitrogen and oxygen atoms in total. The molecule has 1 fully saturated rings. The van der Waals surface area contributed by atoms with Crippen LogP contribution in [-0.2, 0) is 9.53 Å². The summed E-state index contributed by atoms with van der Waals surface area (Å²) in [6, 6.07) is 3.45. The van der Waals surface area contributed by atoms with Gasteiger partial charge in [0, 0.05) is 13.1 Å². The maximum atomic E-state index is 12.8. The summed E-state index contributed by atoms with van der Waals surface area (Å²) >= 11 is 0. The molecule has 0 bridgehead atoms. The Hall–Kier alpha value is -1.67. The van der Waals surface area contributed by atoms with Crippen LogP contribution in [0.2, 0.25) is 0 Å². The minimum absolute atomic E-state index is 0.185. The fraction of sp³-hybridized carbons (Fsp3) is 0.417. The highest BCUT2D eigenvalue weighted by molar-refractivity contribution is 5.73. The van der Waals surface area contributed by atoms with Crippen molar-refractivity contribution in [2.24, 2.45) is 0 Å². The van der Waals surface area contributed by atoms with Gasteiger partial charge in [0.1, 0.15) is 5.82 Å². The third-order valence-electron chi connectivity index (χ3n) is 2.95. The Balaban J connectivity index is 2.02. The van der Waals surface area contributed by atoms with Crippen LogP contribution in [0.15, 0.2) is 24.3 Å². The molecule has 0 radical (unpaired) electrons. The van der Waals surface area contributed by atoms with E-state index in [2.05, 4.69) is 4.74 Å². The average Bonchev–Trinajstić information content (AvgIpc) is 2.26. The lowest BCUT2D eigenvalue weighted by atomic mass is 10.0. The number of carboxylic acid groups (broad SMARTS) is 1. The third kappa shape index (κ3) is 3.45. The second kappa shape index (κ2) is 5.37. The van der Waals surface area contributed by atoms with Crippen molar-refractivity contribution >= 4 is 5.97 Å². The highest BCUT2D eigenvalue weighted by atomic mass is 19.4. The van der Waals surface area contributed by atoms with E-state index in [9.17, 15) is 27.5 Å². The van der Waals surface area contributed by atoms with Crippen molar-refractivity contribution in [2.45, 2.75) is 18.5 Å². The van der Waals surface area contributed by atoms with Gasteiger partial charge in [-0.2, -0.15) is 0 Å². The molecule has 0 aromatic heterocycles. The van der Waals surface area contributed by atoms with Crippen molar-refractivity contribution in [2.75, 3.05) is 13.1 Å². The number of nitrogens with zero attached hydrogens (tertiary/aromatic N) is 1. The van der Waals surface area contributed by atoms with Gasteiger partial charge in [0.25, 0.3) is 0 Å². The summed E-state index contributed by atoms with van der Waals surface area (Å²) < 4.78 is 52.5. The molecule has 20 heavy (non-hydrogen) atoms. The molecule has 2 rings (SSSR count). The number of carboxylic acids is 1. The molecule has 1 saturated heterocycles. The van der Waals surface area contributed by atoms with E-state index in [4.69, 9.17) is 0 Å². The van der Waals surface area contributed by atoms with Crippen LogP contribution in [0.4, 0.5) is 17.6 Å². The number of carbonyl (C=O) groups excluding carboxylic acids is 1. The summed E-state index contributed by atoms with van der Waals surface area (Å²) in [5.74, 6) is -1.99. The molecule has 0 spiro atoms. The van der Waals surface area contributed by atoms with E-state index in [1.54, 1.807) is 0 Å². The Bertz CT molecular complexity index is 482.